The first-order chi connectivity index (χ1) is 14.3. The van der Waals surface area contributed by atoms with Crippen LogP contribution in [0.5, 0.6) is 0 Å². The van der Waals surface area contributed by atoms with Crippen molar-refractivity contribution in [2.75, 3.05) is 5.75 Å². The van der Waals surface area contributed by atoms with Crippen LogP contribution in [0.4, 0.5) is 0 Å². The van der Waals surface area contributed by atoms with Gasteiger partial charge in [0.15, 0.2) is 0 Å². The maximum Gasteiger partial charge on any atom is 0.326 e. The Labute approximate surface area is 179 Å². The lowest BCUT2D eigenvalue weighted by atomic mass is 10.1. The van der Waals surface area contributed by atoms with Crippen molar-refractivity contribution in [1.29, 1.82) is 0 Å². The number of hydrogen-bond acceptors (Lipinski definition) is 9. The summed E-state index contributed by atoms with van der Waals surface area (Å²) in [6.45, 7) is 0. The molecule has 0 aromatic carbocycles. The predicted octanol–water partition coefficient (Wildman–Crippen LogP) is -3.79. The highest BCUT2D eigenvalue weighted by molar-refractivity contribution is 7.80. The van der Waals surface area contributed by atoms with E-state index in [9.17, 15) is 33.6 Å². The molecule has 0 bridgehead atoms. The molecular formula is C15H22N4O11S. The van der Waals surface area contributed by atoms with Crippen LogP contribution in [0.1, 0.15) is 19.3 Å². The fraction of sp³-hybridized carbons (Fsp3) is 0.533. The van der Waals surface area contributed by atoms with Crippen molar-refractivity contribution in [1.82, 2.24) is 16.0 Å². The van der Waals surface area contributed by atoms with Crippen molar-refractivity contribution in [3.8, 4) is 0 Å². The molecule has 16 heteroatoms. The number of carbonyl (C=O) groups excluding carboxylic acids is 3. The zero-order valence-corrected chi connectivity index (χ0v) is 16.7. The number of thiol groups is 1. The van der Waals surface area contributed by atoms with Crippen LogP contribution in [-0.4, -0.2) is 91.9 Å². The first-order valence-electron chi connectivity index (χ1n) is 8.44. The van der Waals surface area contributed by atoms with Crippen LogP contribution in [0.15, 0.2) is 0 Å². The predicted molar refractivity (Wildman–Crippen MR) is 102 cm³/mol. The van der Waals surface area contributed by atoms with Gasteiger partial charge in [-0.3, -0.25) is 28.8 Å². The molecular weight excluding hydrogens is 444 g/mol. The van der Waals surface area contributed by atoms with E-state index < -0.39 is 85.0 Å². The molecule has 0 fully saturated rings. The first kappa shape index (κ1) is 27.6. The summed E-state index contributed by atoms with van der Waals surface area (Å²) < 4.78 is 0. The van der Waals surface area contributed by atoms with Crippen LogP contribution < -0.4 is 21.7 Å². The van der Waals surface area contributed by atoms with Gasteiger partial charge in [0.2, 0.25) is 17.7 Å². The van der Waals surface area contributed by atoms with Crippen molar-refractivity contribution in [3.05, 3.63) is 0 Å². The Morgan fingerprint density at radius 1 is 0.645 bits per heavy atom. The van der Waals surface area contributed by atoms with Crippen molar-refractivity contribution in [2.24, 2.45) is 5.73 Å². The largest absolute Gasteiger partial charge is 0.481 e. The van der Waals surface area contributed by atoms with Crippen LogP contribution in [0, 0.1) is 0 Å². The van der Waals surface area contributed by atoms with Crippen LogP contribution in [0.25, 0.3) is 0 Å². The Morgan fingerprint density at radius 2 is 0.968 bits per heavy atom. The maximum atomic E-state index is 12.4. The number of nitrogens with two attached hydrogens (primary N) is 1. The van der Waals surface area contributed by atoms with Gasteiger partial charge in [0, 0.05) is 5.75 Å². The third-order valence-corrected chi connectivity index (χ3v) is 3.94. The Bertz CT molecular complexity index is 744. The molecule has 0 rings (SSSR count). The van der Waals surface area contributed by atoms with Gasteiger partial charge < -0.3 is 42.1 Å². The lowest BCUT2D eigenvalue weighted by molar-refractivity contribution is -0.148. The smallest absolute Gasteiger partial charge is 0.326 e. The molecule has 0 spiro atoms. The van der Waals surface area contributed by atoms with Gasteiger partial charge in [-0.25, -0.2) is 4.79 Å². The van der Waals surface area contributed by atoms with Crippen molar-refractivity contribution in [2.45, 2.75) is 43.4 Å². The molecule has 0 aromatic rings. The Hall–Kier alpha value is -3.40. The second kappa shape index (κ2) is 13.0. The average molecular weight is 466 g/mol. The molecule has 0 aromatic heterocycles. The fourth-order valence-electron chi connectivity index (χ4n) is 2.05. The van der Waals surface area contributed by atoms with E-state index in [2.05, 4.69) is 12.6 Å². The minimum absolute atomic E-state index is 0.141. The summed E-state index contributed by atoms with van der Waals surface area (Å²) in [6.07, 6.45) is -3.04. The highest BCUT2D eigenvalue weighted by Gasteiger charge is 2.33. The van der Waals surface area contributed by atoms with Crippen LogP contribution in [-0.2, 0) is 33.6 Å². The summed E-state index contributed by atoms with van der Waals surface area (Å²) in [5.41, 5.74) is 5.42. The van der Waals surface area contributed by atoms with Crippen molar-refractivity contribution >= 4 is 54.2 Å². The number of amides is 3. The first-order valence-corrected chi connectivity index (χ1v) is 9.07. The lowest BCUT2D eigenvalue weighted by Crippen LogP contribution is -2.58. The number of rotatable bonds is 14. The second-order valence-electron chi connectivity index (χ2n) is 6.10. The Kier molecular flexibility index (Phi) is 11.6. The highest BCUT2D eigenvalue weighted by Crippen LogP contribution is 2.02. The van der Waals surface area contributed by atoms with Gasteiger partial charge in [0.05, 0.1) is 25.3 Å². The third kappa shape index (κ3) is 10.8. The Morgan fingerprint density at radius 3 is 1.29 bits per heavy atom. The summed E-state index contributed by atoms with van der Waals surface area (Å²) in [4.78, 5) is 80.3. The number of carboxylic acid groups (broad SMARTS) is 4. The molecule has 0 aliphatic heterocycles. The van der Waals surface area contributed by atoms with E-state index in [0.717, 1.165) is 0 Å². The van der Waals surface area contributed by atoms with E-state index in [4.69, 9.17) is 26.2 Å². The van der Waals surface area contributed by atoms with Gasteiger partial charge in [-0.05, 0) is 0 Å². The van der Waals surface area contributed by atoms with Crippen molar-refractivity contribution in [3.63, 3.8) is 0 Å². The molecule has 15 nitrogen and oxygen atoms in total. The molecule has 4 atom stereocenters. The lowest BCUT2D eigenvalue weighted by Gasteiger charge is -2.23. The zero-order valence-electron chi connectivity index (χ0n) is 15.8. The molecule has 0 aliphatic carbocycles. The molecule has 174 valence electrons. The van der Waals surface area contributed by atoms with Crippen LogP contribution in [0.2, 0.25) is 0 Å². The van der Waals surface area contributed by atoms with Gasteiger partial charge in [-0.1, -0.05) is 0 Å². The minimum atomic E-state index is -1.93. The zero-order chi connectivity index (χ0) is 24.3. The maximum absolute atomic E-state index is 12.4. The molecule has 4 unspecified atom stereocenters. The molecule has 0 aliphatic rings. The second-order valence-corrected chi connectivity index (χ2v) is 6.47. The van der Waals surface area contributed by atoms with E-state index in [0.29, 0.717) is 0 Å². The molecule has 0 saturated carbocycles. The molecule has 31 heavy (non-hydrogen) atoms. The number of aliphatic carboxylic acids is 4. The summed E-state index contributed by atoms with van der Waals surface area (Å²) in [5.74, 6) is -10.1. The number of nitrogens with one attached hydrogen (secondary N) is 3. The highest BCUT2D eigenvalue weighted by atomic mass is 32.1. The van der Waals surface area contributed by atoms with Crippen LogP contribution >= 0.6 is 12.6 Å². The molecule has 3 amide bonds. The van der Waals surface area contributed by atoms with Crippen LogP contribution in [0.3, 0.4) is 0 Å². The summed E-state index contributed by atoms with van der Waals surface area (Å²) >= 11 is 3.78. The molecule has 0 saturated heterocycles. The molecule has 0 heterocycles. The third-order valence-electron chi connectivity index (χ3n) is 3.55. The SMILES string of the molecule is NC(CS)C(=O)NC(CC(=O)O)C(=O)NC(CC(=O)O)C(=O)NC(CC(=O)O)C(=O)O. The summed E-state index contributed by atoms with van der Waals surface area (Å²) in [6, 6.07) is -6.79. The standard InChI is InChI=1S/C15H22N4O11S/c16-5(4-31)12(26)17-6(1-9(20)21)13(27)18-7(2-10(22)23)14(28)19-8(15(29)30)3-11(24)25/h5-8,31H,1-4,16H2,(H,17,26)(H,18,27)(H,19,28)(H,20,21)(H,22,23)(H,24,25)(H,29,30). The van der Waals surface area contributed by atoms with Crippen molar-refractivity contribution < 1.29 is 54.0 Å². The average Bonchev–Trinajstić information content (AvgIpc) is 2.64. The molecule has 0 radical (unpaired) electrons. The Balaban J connectivity index is 5.53. The summed E-state index contributed by atoms with van der Waals surface area (Å²) in [7, 11) is 0. The van der Waals surface area contributed by atoms with E-state index in [1.165, 1.54) is 0 Å². The minimum Gasteiger partial charge on any atom is -0.481 e. The fourth-order valence-corrected chi connectivity index (χ4v) is 2.21. The monoisotopic (exact) mass is 466 g/mol. The van der Waals surface area contributed by atoms with Gasteiger partial charge in [0.25, 0.3) is 0 Å². The van der Waals surface area contributed by atoms with Gasteiger partial charge >= 0.3 is 23.9 Å². The number of hydrogen-bond donors (Lipinski definition) is 9. The number of carboxylic acids is 4. The van der Waals surface area contributed by atoms with E-state index in [-0.39, 0.29) is 5.75 Å². The quantitative estimate of drug-likeness (QED) is 0.112. The van der Waals surface area contributed by atoms with Gasteiger partial charge in [-0.15, -0.1) is 0 Å². The molecule has 9 N–H and O–H groups in total. The van der Waals surface area contributed by atoms with Gasteiger partial charge in [-0.2, -0.15) is 12.6 Å². The van der Waals surface area contributed by atoms with E-state index in [1.54, 1.807) is 5.32 Å². The van der Waals surface area contributed by atoms with E-state index >= 15 is 0 Å². The normalized spacial score (nSPS) is 14.3. The van der Waals surface area contributed by atoms with E-state index in [1.807, 2.05) is 10.6 Å². The topological polar surface area (TPSA) is 263 Å². The summed E-state index contributed by atoms with van der Waals surface area (Å²) in [5, 5.41) is 41.2. The number of carbonyl (C=O) groups is 7. The van der Waals surface area contributed by atoms with Gasteiger partial charge in [0.1, 0.15) is 18.1 Å².